The lowest BCUT2D eigenvalue weighted by Crippen LogP contribution is -2.28. The molecule has 2 aliphatic rings. The predicted molar refractivity (Wildman–Crippen MR) is 64.3 cm³/mol. The van der Waals surface area contributed by atoms with Crippen LogP contribution in [0.1, 0.15) is 58.8 Å². The van der Waals surface area contributed by atoms with Crippen LogP contribution in [-0.2, 0) is 9.53 Å². The van der Waals surface area contributed by atoms with E-state index in [1.165, 1.54) is 19.3 Å². The molecule has 2 heteroatoms. The number of fused-ring (bicyclic) bond motifs is 1. The van der Waals surface area contributed by atoms with Gasteiger partial charge in [0.2, 0.25) is 0 Å². The summed E-state index contributed by atoms with van der Waals surface area (Å²) in [6.07, 6.45) is 8.19. The molecule has 92 valence electrons. The molecule has 0 spiro atoms. The zero-order valence-electron chi connectivity index (χ0n) is 10.6. The zero-order chi connectivity index (χ0) is 11.5. The Bertz CT molecular complexity index is 249. The molecule has 1 heterocycles. The summed E-state index contributed by atoms with van der Waals surface area (Å²) in [5.74, 6) is 1.25. The Balaban J connectivity index is 2.01. The van der Waals surface area contributed by atoms with Gasteiger partial charge in [-0.05, 0) is 31.6 Å². The maximum Gasteiger partial charge on any atom is 0.138 e. The maximum absolute atomic E-state index is 12.2. The number of hydrogen-bond donors (Lipinski definition) is 0. The number of Topliss-reactive ketones (excluding diaryl/α,β-unsaturated/α-hetero) is 1. The second-order valence-corrected chi connectivity index (χ2v) is 5.31. The summed E-state index contributed by atoms with van der Waals surface area (Å²) in [6, 6.07) is 0. The van der Waals surface area contributed by atoms with E-state index >= 15 is 0 Å². The summed E-state index contributed by atoms with van der Waals surface area (Å²) in [5, 5.41) is 0. The largest absolute Gasteiger partial charge is 0.374 e. The fourth-order valence-electron chi connectivity index (χ4n) is 3.43. The number of hydrogen-bond acceptors (Lipinski definition) is 2. The molecule has 16 heavy (non-hydrogen) atoms. The van der Waals surface area contributed by atoms with E-state index < -0.39 is 0 Å². The highest BCUT2D eigenvalue weighted by atomic mass is 16.5. The molecule has 0 aromatic rings. The van der Waals surface area contributed by atoms with E-state index in [9.17, 15) is 4.79 Å². The van der Waals surface area contributed by atoms with Gasteiger partial charge in [0.15, 0.2) is 0 Å². The quantitative estimate of drug-likeness (QED) is 0.716. The number of carbonyl (C=O) groups is 1. The zero-order valence-corrected chi connectivity index (χ0v) is 10.6. The number of ketones is 1. The van der Waals surface area contributed by atoms with Crippen molar-refractivity contribution >= 4 is 5.78 Å². The molecule has 1 aliphatic heterocycles. The molecular formula is C14H24O2. The highest BCUT2D eigenvalue weighted by Crippen LogP contribution is 2.44. The SMILES string of the molecule is CCCCC(=O)[C@@H]1[C@H]2CCC[C@H]2O[C@@H]1CC. The van der Waals surface area contributed by atoms with Crippen molar-refractivity contribution in [2.24, 2.45) is 11.8 Å². The van der Waals surface area contributed by atoms with Crippen molar-refractivity contribution in [1.82, 2.24) is 0 Å². The van der Waals surface area contributed by atoms with Crippen LogP contribution < -0.4 is 0 Å². The average molecular weight is 224 g/mol. The van der Waals surface area contributed by atoms with Gasteiger partial charge in [-0.2, -0.15) is 0 Å². The van der Waals surface area contributed by atoms with Gasteiger partial charge in [-0.1, -0.05) is 26.7 Å². The molecule has 0 bridgehead atoms. The normalized spacial score (nSPS) is 37.6. The molecule has 1 saturated heterocycles. The Morgan fingerprint density at radius 2 is 2.12 bits per heavy atom. The van der Waals surface area contributed by atoms with Crippen LogP contribution in [0.25, 0.3) is 0 Å². The van der Waals surface area contributed by atoms with Crippen LogP contribution in [0.15, 0.2) is 0 Å². The van der Waals surface area contributed by atoms with Gasteiger partial charge in [0, 0.05) is 12.3 Å². The van der Waals surface area contributed by atoms with E-state index in [2.05, 4.69) is 13.8 Å². The van der Waals surface area contributed by atoms with Crippen LogP contribution in [0.5, 0.6) is 0 Å². The van der Waals surface area contributed by atoms with E-state index in [0.29, 0.717) is 17.8 Å². The van der Waals surface area contributed by atoms with Gasteiger partial charge in [0.25, 0.3) is 0 Å². The second-order valence-electron chi connectivity index (χ2n) is 5.31. The highest BCUT2D eigenvalue weighted by molar-refractivity contribution is 5.82. The molecule has 4 atom stereocenters. The summed E-state index contributed by atoms with van der Waals surface area (Å²) in [7, 11) is 0. The first-order chi connectivity index (χ1) is 7.77. The first-order valence-electron chi connectivity index (χ1n) is 6.96. The van der Waals surface area contributed by atoms with Gasteiger partial charge >= 0.3 is 0 Å². The van der Waals surface area contributed by atoms with Gasteiger partial charge in [0.1, 0.15) is 5.78 Å². The van der Waals surface area contributed by atoms with Crippen molar-refractivity contribution in [3.63, 3.8) is 0 Å². The molecule has 0 unspecified atom stereocenters. The van der Waals surface area contributed by atoms with E-state index in [1.54, 1.807) is 0 Å². The van der Waals surface area contributed by atoms with Crippen LogP contribution >= 0.6 is 0 Å². The van der Waals surface area contributed by atoms with Gasteiger partial charge in [-0.25, -0.2) is 0 Å². The standard InChI is InChI=1S/C14H24O2/c1-3-5-8-11(15)14-10-7-6-9-13(10)16-12(14)4-2/h10,12-14H,3-9H2,1-2H3/t10-,12+,13+,14-/m0/s1. The topological polar surface area (TPSA) is 26.3 Å². The minimum Gasteiger partial charge on any atom is -0.374 e. The smallest absolute Gasteiger partial charge is 0.138 e. The van der Waals surface area contributed by atoms with E-state index in [4.69, 9.17) is 4.74 Å². The third kappa shape index (κ3) is 2.17. The van der Waals surface area contributed by atoms with Crippen molar-refractivity contribution in [3.8, 4) is 0 Å². The van der Waals surface area contributed by atoms with Gasteiger partial charge < -0.3 is 4.74 Å². The van der Waals surface area contributed by atoms with Crippen LogP contribution in [0.4, 0.5) is 0 Å². The molecule has 0 aromatic heterocycles. The third-order valence-corrected chi connectivity index (χ3v) is 4.27. The minimum absolute atomic E-state index is 0.222. The fourth-order valence-corrected chi connectivity index (χ4v) is 3.43. The lowest BCUT2D eigenvalue weighted by Gasteiger charge is -2.19. The number of ether oxygens (including phenoxy) is 1. The molecule has 2 rings (SSSR count). The number of rotatable bonds is 5. The molecule has 1 saturated carbocycles. The van der Waals surface area contributed by atoms with E-state index in [1.807, 2.05) is 0 Å². The van der Waals surface area contributed by atoms with Crippen molar-refractivity contribution < 1.29 is 9.53 Å². The average Bonchev–Trinajstić information content (AvgIpc) is 2.84. The summed E-state index contributed by atoms with van der Waals surface area (Å²) >= 11 is 0. The fraction of sp³-hybridized carbons (Fsp3) is 0.929. The number of unbranched alkanes of at least 4 members (excludes halogenated alkanes) is 1. The lowest BCUT2D eigenvalue weighted by molar-refractivity contribution is -0.125. The Hall–Kier alpha value is -0.370. The Kier molecular flexibility index (Phi) is 4.01. The molecule has 0 aromatic carbocycles. The van der Waals surface area contributed by atoms with Gasteiger partial charge in [0.05, 0.1) is 12.2 Å². The predicted octanol–water partition coefficient (Wildman–Crippen LogP) is 3.34. The summed E-state index contributed by atoms with van der Waals surface area (Å²) in [6.45, 7) is 4.29. The first kappa shape index (κ1) is 12.1. The second kappa shape index (κ2) is 5.31. The third-order valence-electron chi connectivity index (χ3n) is 4.27. The highest BCUT2D eigenvalue weighted by Gasteiger charge is 2.48. The monoisotopic (exact) mass is 224 g/mol. The molecule has 2 nitrogen and oxygen atoms in total. The molecule has 0 radical (unpaired) electrons. The molecule has 0 N–H and O–H groups in total. The molecule has 1 aliphatic carbocycles. The van der Waals surface area contributed by atoms with E-state index in [0.717, 1.165) is 25.7 Å². The van der Waals surface area contributed by atoms with Crippen molar-refractivity contribution in [1.29, 1.82) is 0 Å². The summed E-state index contributed by atoms with van der Waals surface area (Å²) < 4.78 is 6.03. The van der Waals surface area contributed by atoms with Crippen molar-refractivity contribution in [2.45, 2.75) is 71.0 Å². The van der Waals surface area contributed by atoms with Crippen LogP contribution in [0, 0.1) is 11.8 Å². The Morgan fingerprint density at radius 1 is 1.31 bits per heavy atom. The summed E-state index contributed by atoms with van der Waals surface area (Å²) in [5.41, 5.74) is 0. The number of carbonyl (C=O) groups excluding carboxylic acids is 1. The first-order valence-corrected chi connectivity index (χ1v) is 6.96. The summed E-state index contributed by atoms with van der Waals surface area (Å²) in [4.78, 5) is 12.2. The van der Waals surface area contributed by atoms with Crippen LogP contribution in [0.3, 0.4) is 0 Å². The van der Waals surface area contributed by atoms with Crippen LogP contribution in [0.2, 0.25) is 0 Å². The lowest BCUT2D eigenvalue weighted by atomic mass is 9.82. The minimum atomic E-state index is 0.222. The van der Waals surface area contributed by atoms with Crippen molar-refractivity contribution in [3.05, 3.63) is 0 Å². The van der Waals surface area contributed by atoms with Crippen molar-refractivity contribution in [2.75, 3.05) is 0 Å². The van der Waals surface area contributed by atoms with Gasteiger partial charge in [-0.3, -0.25) is 4.79 Å². The molecule has 2 fully saturated rings. The molecular weight excluding hydrogens is 200 g/mol. The Labute approximate surface area is 98.7 Å². The van der Waals surface area contributed by atoms with E-state index in [-0.39, 0.29) is 12.0 Å². The maximum atomic E-state index is 12.2. The van der Waals surface area contributed by atoms with Crippen LogP contribution in [-0.4, -0.2) is 18.0 Å². The Morgan fingerprint density at radius 3 is 2.81 bits per heavy atom. The van der Waals surface area contributed by atoms with Gasteiger partial charge in [-0.15, -0.1) is 0 Å². The molecule has 0 amide bonds.